The van der Waals surface area contributed by atoms with Crippen LogP contribution in [0.2, 0.25) is 0 Å². The molecule has 0 atom stereocenters. The van der Waals surface area contributed by atoms with Crippen molar-refractivity contribution >= 4 is 12.6 Å². The largest absolute Gasteiger partial charge is 0.417 e. The van der Waals surface area contributed by atoms with Crippen molar-refractivity contribution in [2.45, 2.75) is 11.1 Å². The molecule has 0 spiro atoms. The van der Waals surface area contributed by atoms with E-state index in [1.165, 1.54) is 6.07 Å². The van der Waals surface area contributed by atoms with Gasteiger partial charge in [-0.15, -0.1) is 12.6 Å². The number of pyridine rings is 1. The van der Waals surface area contributed by atoms with Gasteiger partial charge in [0.25, 0.3) is 0 Å². The minimum absolute atomic E-state index is 0.321. The van der Waals surface area contributed by atoms with Crippen LogP contribution in [0.1, 0.15) is 11.3 Å². The van der Waals surface area contributed by atoms with Crippen LogP contribution in [0.4, 0.5) is 13.2 Å². The lowest BCUT2D eigenvalue weighted by Gasteiger charge is -2.08. The van der Waals surface area contributed by atoms with E-state index in [2.05, 4.69) is 17.6 Å². The van der Waals surface area contributed by atoms with Crippen LogP contribution in [0.5, 0.6) is 0 Å². The first-order valence-corrected chi connectivity index (χ1v) is 3.57. The highest BCUT2D eigenvalue weighted by Crippen LogP contribution is 2.34. The first kappa shape index (κ1) is 9.86. The molecule has 0 aliphatic rings. The van der Waals surface area contributed by atoms with Crippen molar-refractivity contribution in [3.05, 3.63) is 23.5 Å². The molecule has 0 saturated carbocycles. The van der Waals surface area contributed by atoms with Gasteiger partial charge < -0.3 is 0 Å². The summed E-state index contributed by atoms with van der Waals surface area (Å²) < 4.78 is 36.5. The summed E-state index contributed by atoms with van der Waals surface area (Å²) in [5.74, 6) is 0. The normalized spacial score (nSPS) is 11.0. The molecule has 2 nitrogen and oxygen atoms in total. The second kappa shape index (κ2) is 3.26. The molecule has 1 rings (SSSR count). The Balaban J connectivity index is 3.34. The fourth-order valence-electron chi connectivity index (χ4n) is 0.765. The number of alkyl halides is 3. The third-order valence-corrected chi connectivity index (χ3v) is 1.79. The highest BCUT2D eigenvalue weighted by Gasteiger charge is 2.33. The molecule has 6 heteroatoms. The lowest BCUT2D eigenvalue weighted by Crippen LogP contribution is -2.07. The molecule has 0 N–H and O–H groups in total. The molecule has 0 radical (unpaired) electrons. The van der Waals surface area contributed by atoms with Crippen LogP contribution in [-0.2, 0) is 6.18 Å². The smallest absolute Gasteiger partial charge is 0.244 e. The number of hydrogen-bond donors (Lipinski definition) is 1. The van der Waals surface area contributed by atoms with Gasteiger partial charge in [0, 0.05) is 6.20 Å². The van der Waals surface area contributed by atoms with E-state index in [1.54, 1.807) is 0 Å². The van der Waals surface area contributed by atoms with Crippen LogP contribution >= 0.6 is 12.6 Å². The summed E-state index contributed by atoms with van der Waals surface area (Å²) in [6, 6.07) is 2.30. The first-order valence-electron chi connectivity index (χ1n) is 3.12. The highest BCUT2D eigenvalue weighted by atomic mass is 32.1. The van der Waals surface area contributed by atoms with Gasteiger partial charge in [0.15, 0.2) is 5.69 Å². The summed E-state index contributed by atoms with van der Waals surface area (Å²) in [6.45, 7) is 0. The number of thiol groups is 1. The maximum atomic E-state index is 12.2. The van der Waals surface area contributed by atoms with Crippen LogP contribution in [0, 0.1) is 11.3 Å². The Hall–Kier alpha value is -1.22. The average Bonchev–Trinajstić information content (AvgIpc) is 2.02. The summed E-state index contributed by atoms with van der Waals surface area (Å²) in [4.78, 5) is 3.00. The molecule has 0 fully saturated rings. The fourth-order valence-corrected chi connectivity index (χ4v) is 1.07. The molecule has 0 bridgehead atoms. The Kier molecular flexibility index (Phi) is 2.48. The van der Waals surface area contributed by atoms with E-state index < -0.39 is 16.6 Å². The molecule has 0 saturated heterocycles. The maximum Gasteiger partial charge on any atom is 0.417 e. The maximum absolute atomic E-state index is 12.2. The molecule has 0 unspecified atom stereocenters. The van der Waals surface area contributed by atoms with Crippen LogP contribution in [0.15, 0.2) is 17.2 Å². The molecular formula is C7H3F3N2S. The van der Waals surface area contributed by atoms with E-state index in [-0.39, 0.29) is 5.69 Å². The van der Waals surface area contributed by atoms with E-state index in [0.29, 0.717) is 0 Å². The van der Waals surface area contributed by atoms with Gasteiger partial charge in [-0.05, 0) is 6.07 Å². The van der Waals surface area contributed by atoms with Gasteiger partial charge in [0.2, 0.25) is 0 Å². The number of nitrogens with zero attached hydrogens (tertiary/aromatic N) is 2. The molecule has 0 aliphatic carbocycles. The minimum Gasteiger partial charge on any atom is -0.244 e. The summed E-state index contributed by atoms with van der Waals surface area (Å²) in [7, 11) is 0. The summed E-state index contributed by atoms with van der Waals surface area (Å²) in [5.41, 5.74) is -1.26. The van der Waals surface area contributed by atoms with Gasteiger partial charge in [-0.2, -0.15) is 18.4 Å². The van der Waals surface area contributed by atoms with Crippen molar-refractivity contribution in [2.75, 3.05) is 0 Å². The number of rotatable bonds is 0. The molecular weight excluding hydrogens is 201 g/mol. The molecule has 1 aromatic rings. The van der Waals surface area contributed by atoms with E-state index in [4.69, 9.17) is 5.26 Å². The number of halogens is 3. The van der Waals surface area contributed by atoms with Gasteiger partial charge in [-0.25, -0.2) is 4.98 Å². The Morgan fingerprint density at radius 1 is 1.46 bits per heavy atom. The number of aromatic nitrogens is 1. The second-order valence-corrected chi connectivity index (χ2v) is 2.61. The van der Waals surface area contributed by atoms with E-state index in [1.807, 2.05) is 0 Å². The SMILES string of the molecule is N#Cc1nccc(C(F)(F)F)c1S. The molecule has 0 aliphatic heterocycles. The zero-order chi connectivity index (χ0) is 10.1. The summed E-state index contributed by atoms with van der Waals surface area (Å²) in [6.07, 6.45) is -3.56. The predicted octanol–water partition coefficient (Wildman–Crippen LogP) is 2.26. The van der Waals surface area contributed by atoms with Crippen molar-refractivity contribution in [2.24, 2.45) is 0 Å². The standard InChI is InChI=1S/C7H3F3N2S/c8-7(9,10)4-1-2-12-5(3-11)6(4)13/h1-2,13H. The van der Waals surface area contributed by atoms with Gasteiger partial charge in [0.1, 0.15) is 6.07 Å². The van der Waals surface area contributed by atoms with E-state index in [9.17, 15) is 13.2 Å². The minimum atomic E-state index is -4.49. The van der Waals surface area contributed by atoms with Crippen molar-refractivity contribution in [3.8, 4) is 6.07 Å². The van der Waals surface area contributed by atoms with Crippen LogP contribution < -0.4 is 0 Å². The van der Waals surface area contributed by atoms with Crippen LogP contribution in [-0.4, -0.2) is 4.98 Å². The number of hydrogen-bond acceptors (Lipinski definition) is 3. The zero-order valence-electron chi connectivity index (χ0n) is 6.13. The van der Waals surface area contributed by atoms with Crippen molar-refractivity contribution in [3.63, 3.8) is 0 Å². The highest BCUT2D eigenvalue weighted by molar-refractivity contribution is 7.80. The quantitative estimate of drug-likeness (QED) is 0.658. The topological polar surface area (TPSA) is 36.7 Å². The van der Waals surface area contributed by atoms with Gasteiger partial charge in [-0.1, -0.05) is 0 Å². The van der Waals surface area contributed by atoms with Crippen molar-refractivity contribution in [1.29, 1.82) is 5.26 Å². The fraction of sp³-hybridized carbons (Fsp3) is 0.143. The molecule has 0 aromatic carbocycles. The monoisotopic (exact) mass is 204 g/mol. The van der Waals surface area contributed by atoms with Crippen molar-refractivity contribution in [1.82, 2.24) is 4.98 Å². The van der Waals surface area contributed by atoms with Crippen molar-refractivity contribution < 1.29 is 13.2 Å². The molecule has 68 valence electrons. The summed E-state index contributed by atoms with van der Waals surface area (Å²) in [5, 5.41) is 8.38. The van der Waals surface area contributed by atoms with Gasteiger partial charge >= 0.3 is 6.18 Å². The van der Waals surface area contributed by atoms with E-state index in [0.717, 1.165) is 12.3 Å². The Morgan fingerprint density at radius 2 is 2.08 bits per heavy atom. The Bertz CT molecular complexity index is 367. The van der Waals surface area contributed by atoms with E-state index >= 15 is 0 Å². The van der Waals surface area contributed by atoms with Crippen LogP contribution in [0.3, 0.4) is 0 Å². The lowest BCUT2D eigenvalue weighted by molar-refractivity contribution is -0.139. The molecule has 1 heterocycles. The Morgan fingerprint density at radius 3 is 2.54 bits per heavy atom. The third-order valence-electron chi connectivity index (χ3n) is 1.34. The zero-order valence-corrected chi connectivity index (χ0v) is 7.02. The summed E-state index contributed by atoms with van der Waals surface area (Å²) >= 11 is 3.58. The molecule has 1 aromatic heterocycles. The predicted molar refractivity (Wildman–Crippen MR) is 41.2 cm³/mol. The average molecular weight is 204 g/mol. The van der Waals surface area contributed by atoms with Gasteiger partial charge in [0.05, 0.1) is 10.5 Å². The number of nitriles is 1. The first-order chi connectivity index (χ1) is 5.96. The second-order valence-electron chi connectivity index (χ2n) is 2.17. The Labute approximate surface area is 77.4 Å². The molecule has 0 amide bonds. The lowest BCUT2D eigenvalue weighted by atomic mass is 10.2. The van der Waals surface area contributed by atoms with Gasteiger partial charge in [-0.3, -0.25) is 0 Å². The van der Waals surface area contributed by atoms with Crippen LogP contribution in [0.25, 0.3) is 0 Å². The molecule has 13 heavy (non-hydrogen) atoms. The third kappa shape index (κ3) is 1.92.